The van der Waals surface area contributed by atoms with Crippen molar-refractivity contribution in [2.75, 3.05) is 64.7 Å². The number of halogens is 3. The number of thiophene rings is 1. The van der Waals surface area contributed by atoms with Gasteiger partial charge < -0.3 is 30.3 Å². The Morgan fingerprint density at radius 1 is 1.15 bits per heavy atom. The largest absolute Gasteiger partial charge is 0.495 e. The van der Waals surface area contributed by atoms with Crippen molar-refractivity contribution < 1.29 is 27.4 Å². The van der Waals surface area contributed by atoms with Crippen LogP contribution < -0.4 is 20.7 Å². The van der Waals surface area contributed by atoms with Crippen LogP contribution in [0.25, 0.3) is 10.1 Å². The molecule has 0 bridgehead atoms. The van der Waals surface area contributed by atoms with Crippen LogP contribution >= 0.6 is 11.3 Å². The van der Waals surface area contributed by atoms with Gasteiger partial charge in [-0.05, 0) is 48.1 Å². The van der Waals surface area contributed by atoms with Crippen LogP contribution in [-0.4, -0.2) is 77.1 Å². The van der Waals surface area contributed by atoms with E-state index in [1.54, 1.807) is 44.5 Å². The van der Waals surface area contributed by atoms with Crippen LogP contribution in [0, 0.1) is 11.8 Å². The lowest BCUT2D eigenvalue weighted by Crippen LogP contribution is -2.40. The summed E-state index contributed by atoms with van der Waals surface area (Å²) in [6.07, 6.45) is -3.50. The van der Waals surface area contributed by atoms with Crippen molar-refractivity contribution in [3.63, 3.8) is 0 Å². The third kappa shape index (κ3) is 8.06. The van der Waals surface area contributed by atoms with Crippen molar-refractivity contribution in [1.29, 1.82) is 0 Å². The van der Waals surface area contributed by atoms with Gasteiger partial charge >= 0.3 is 6.18 Å². The van der Waals surface area contributed by atoms with Crippen molar-refractivity contribution in [3.05, 3.63) is 52.4 Å². The Labute approximate surface area is 242 Å². The van der Waals surface area contributed by atoms with E-state index in [4.69, 9.17) is 9.47 Å². The summed E-state index contributed by atoms with van der Waals surface area (Å²) < 4.78 is 52.2. The molecule has 0 saturated carbocycles. The molecule has 1 fully saturated rings. The maximum absolute atomic E-state index is 13.6. The molecule has 1 aliphatic rings. The summed E-state index contributed by atoms with van der Waals surface area (Å²) in [5.41, 5.74) is 2.12. The molecule has 1 aromatic heterocycles. The number of ether oxygens (including phenoxy) is 2. The van der Waals surface area contributed by atoms with Crippen molar-refractivity contribution in [1.82, 2.24) is 10.2 Å². The fraction of sp³-hybridized carbons (Fsp3) is 0.433. The van der Waals surface area contributed by atoms with Gasteiger partial charge in [0.15, 0.2) is 0 Å². The molecular formula is C30H35F3N4O3S. The van der Waals surface area contributed by atoms with Crippen molar-refractivity contribution in [2.45, 2.75) is 31.5 Å². The second-order valence-electron chi connectivity index (χ2n) is 9.79. The minimum absolute atomic E-state index is 0.183. The van der Waals surface area contributed by atoms with Gasteiger partial charge in [0.2, 0.25) is 0 Å². The number of nitrogens with zero attached hydrogens (tertiary/aromatic N) is 1. The second kappa shape index (κ2) is 13.9. The number of carbonyl (C=O) groups is 1. The Bertz CT molecular complexity index is 1410. The summed E-state index contributed by atoms with van der Waals surface area (Å²) in [5.74, 6) is 6.18. The van der Waals surface area contributed by atoms with E-state index in [-0.39, 0.29) is 24.1 Å². The number of rotatable bonds is 10. The van der Waals surface area contributed by atoms with Gasteiger partial charge in [-0.15, -0.1) is 11.3 Å². The van der Waals surface area contributed by atoms with E-state index in [0.717, 1.165) is 42.9 Å². The van der Waals surface area contributed by atoms with Gasteiger partial charge in [0.05, 0.1) is 47.6 Å². The molecular weight excluding hydrogens is 553 g/mol. The molecule has 220 valence electrons. The average molecular weight is 589 g/mol. The molecule has 0 atom stereocenters. The molecule has 4 rings (SSSR count). The van der Waals surface area contributed by atoms with Crippen molar-refractivity contribution in [2.24, 2.45) is 0 Å². The third-order valence-corrected chi connectivity index (χ3v) is 8.21. The van der Waals surface area contributed by atoms with Gasteiger partial charge in [0.25, 0.3) is 5.91 Å². The molecule has 0 spiro atoms. The molecule has 0 aliphatic carbocycles. The van der Waals surface area contributed by atoms with Gasteiger partial charge in [0, 0.05) is 45.4 Å². The highest BCUT2D eigenvalue weighted by molar-refractivity contribution is 7.20. The molecule has 3 aromatic rings. The summed E-state index contributed by atoms with van der Waals surface area (Å²) >= 11 is 1.29. The number of piperidine rings is 1. The second-order valence-corrected chi connectivity index (χ2v) is 10.8. The summed E-state index contributed by atoms with van der Waals surface area (Å²) in [6.45, 7) is 3.68. The number of benzene rings is 2. The number of amides is 1. The maximum Gasteiger partial charge on any atom is 0.393 e. The Morgan fingerprint density at radius 2 is 1.93 bits per heavy atom. The van der Waals surface area contributed by atoms with Gasteiger partial charge in [-0.1, -0.05) is 24.0 Å². The normalized spacial score (nSPS) is 14.4. The van der Waals surface area contributed by atoms with E-state index >= 15 is 0 Å². The van der Waals surface area contributed by atoms with Gasteiger partial charge in [0.1, 0.15) is 5.75 Å². The Balaban J connectivity index is 1.53. The topological polar surface area (TPSA) is 74.9 Å². The standard InChI is InChI=1S/C30H35F3N4O3S/c1-34-29(38)20-9-10-24(26(18-20)40-3)35-13-5-8-27-23(19-30(31,32)33)22-6-4-7-25(28(22)41-27)36-21-11-14-37(15-12-21)16-17-39-2/h4,6-7,9-10,18,21,35-36H,11-17,19H2,1-3H3,(H,34,38). The molecule has 1 saturated heterocycles. The molecule has 11 heteroatoms. The van der Waals surface area contributed by atoms with E-state index in [2.05, 4.69) is 32.7 Å². The SMILES string of the molecule is CNC(=O)c1ccc(NCC#Cc2sc3c(NC4CCN(CCOC)CC4)cccc3c2CC(F)(F)F)c(OC)c1. The van der Waals surface area contributed by atoms with E-state index in [1.165, 1.54) is 18.4 Å². The highest BCUT2D eigenvalue weighted by Gasteiger charge is 2.31. The smallest absolute Gasteiger partial charge is 0.393 e. The number of hydrogen-bond acceptors (Lipinski definition) is 7. The van der Waals surface area contributed by atoms with E-state index in [9.17, 15) is 18.0 Å². The molecule has 0 radical (unpaired) electrons. The number of fused-ring (bicyclic) bond motifs is 1. The molecule has 41 heavy (non-hydrogen) atoms. The predicted octanol–water partition coefficient (Wildman–Crippen LogP) is 5.36. The number of hydrogen-bond donors (Lipinski definition) is 3. The van der Waals surface area contributed by atoms with Crippen LogP contribution in [0.1, 0.15) is 33.6 Å². The number of nitrogens with one attached hydrogen (secondary N) is 3. The van der Waals surface area contributed by atoms with Crippen LogP contribution in [0.3, 0.4) is 0 Å². The average Bonchev–Trinajstić information content (AvgIpc) is 3.31. The Kier molecular flexibility index (Phi) is 10.4. The first-order valence-electron chi connectivity index (χ1n) is 13.4. The number of likely N-dealkylation sites (tertiary alicyclic amines) is 1. The monoisotopic (exact) mass is 588 g/mol. The van der Waals surface area contributed by atoms with Crippen LogP contribution in [-0.2, 0) is 11.2 Å². The van der Waals surface area contributed by atoms with Crippen LogP contribution in [0.5, 0.6) is 5.75 Å². The number of anilines is 2. The van der Waals surface area contributed by atoms with Crippen LogP contribution in [0.15, 0.2) is 36.4 Å². The van der Waals surface area contributed by atoms with Crippen molar-refractivity contribution >= 4 is 38.7 Å². The first-order chi connectivity index (χ1) is 19.7. The third-order valence-electron chi connectivity index (χ3n) is 7.01. The summed E-state index contributed by atoms with van der Waals surface area (Å²) in [7, 11) is 4.74. The van der Waals surface area contributed by atoms with Gasteiger partial charge in [-0.25, -0.2) is 0 Å². The molecule has 2 heterocycles. The highest BCUT2D eigenvalue weighted by Crippen LogP contribution is 2.39. The van der Waals surface area contributed by atoms with Crippen LogP contribution in [0.2, 0.25) is 0 Å². The Hall–Kier alpha value is -3.46. The predicted molar refractivity (Wildman–Crippen MR) is 158 cm³/mol. The molecule has 1 aliphatic heterocycles. The summed E-state index contributed by atoms with van der Waals surface area (Å²) in [5, 5.41) is 9.87. The maximum atomic E-state index is 13.6. The molecule has 1 amide bonds. The molecule has 0 unspecified atom stereocenters. The minimum Gasteiger partial charge on any atom is -0.495 e. The zero-order chi connectivity index (χ0) is 29.4. The first kappa shape index (κ1) is 30.5. The highest BCUT2D eigenvalue weighted by atomic mass is 32.1. The quantitative estimate of drug-likeness (QED) is 0.277. The molecule has 7 nitrogen and oxygen atoms in total. The Morgan fingerprint density at radius 3 is 2.61 bits per heavy atom. The van der Waals surface area contributed by atoms with E-state index in [1.807, 2.05) is 6.07 Å². The van der Waals surface area contributed by atoms with Gasteiger partial charge in [-0.2, -0.15) is 13.2 Å². The van der Waals surface area contributed by atoms with Crippen molar-refractivity contribution in [3.8, 4) is 17.6 Å². The molecule has 3 N–H and O–H groups in total. The van der Waals surface area contributed by atoms with E-state index < -0.39 is 12.6 Å². The lowest BCUT2D eigenvalue weighted by atomic mass is 10.0. The molecule has 2 aromatic carbocycles. The van der Waals surface area contributed by atoms with Crippen LogP contribution in [0.4, 0.5) is 24.5 Å². The summed E-state index contributed by atoms with van der Waals surface area (Å²) in [4.78, 5) is 14.7. The first-order valence-corrected chi connectivity index (χ1v) is 14.3. The fourth-order valence-corrected chi connectivity index (χ4v) is 6.06. The lowest BCUT2D eigenvalue weighted by Gasteiger charge is -2.32. The fourth-order valence-electron chi connectivity index (χ4n) is 4.89. The summed E-state index contributed by atoms with van der Waals surface area (Å²) in [6, 6.07) is 10.7. The van der Waals surface area contributed by atoms with Gasteiger partial charge in [-0.3, -0.25) is 4.79 Å². The number of methoxy groups -OCH3 is 2. The zero-order valence-electron chi connectivity index (χ0n) is 23.4. The zero-order valence-corrected chi connectivity index (χ0v) is 24.2. The number of alkyl halides is 3. The number of carbonyl (C=O) groups excluding carboxylic acids is 1. The lowest BCUT2D eigenvalue weighted by molar-refractivity contribution is -0.126. The minimum atomic E-state index is -4.36. The van der Waals surface area contributed by atoms with E-state index in [0.29, 0.717) is 33.9 Å².